The first-order chi connectivity index (χ1) is 7.78. The average molecular weight is 226 g/mol. The Labute approximate surface area is 95.2 Å². The Morgan fingerprint density at radius 2 is 2.12 bits per heavy atom. The smallest absolute Gasteiger partial charge is 0.180 e. The summed E-state index contributed by atoms with van der Waals surface area (Å²) in [4.78, 5) is 0. The molecule has 16 heavy (non-hydrogen) atoms. The molecule has 4 heteroatoms. The van der Waals surface area contributed by atoms with E-state index in [0.29, 0.717) is 12.5 Å². The molecule has 3 rings (SSSR count). The van der Waals surface area contributed by atoms with E-state index in [4.69, 9.17) is 14.2 Å². The molecular formula is C12H18O4. The summed E-state index contributed by atoms with van der Waals surface area (Å²) in [5.74, 6) is 0.286. The number of hydrogen-bond donors (Lipinski definition) is 1. The van der Waals surface area contributed by atoms with Crippen LogP contribution in [0.2, 0.25) is 0 Å². The lowest BCUT2D eigenvalue weighted by atomic mass is 9.84. The zero-order valence-electron chi connectivity index (χ0n) is 9.63. The number of aliphatic hydroxyl groups is 1. The van der Waals surface area contributed by atoms with Crippen molar-refractivity contribution in [1.29, 1.82) is 0 Å². The maximum absolute atomic E-state index is 9.56. The third kappa shape index (κ3) is 1.03. The van der Waals surface area contributed by atoms with Gasteiger partial charge >= 0.3 is 0 Å². The van der Waals surface area contributed by atoms with E-state index in [0.717, 1.165) is 0 Å². The Morgan fingerprint density at radius 1 is 1.38 bits per heavy atom. The fourth-order valence-electron chi connectivity index (χ4n) is 3.94. The fourth-order valence-corrected chi connectivity index (χ4v) is 3.94. The van der Waals surface area contributed by atoms with Gasteiger partial charge in [-0.3, -0.25) is 0 Å². The van der Waals surface area contributed by atoms with Gasteiger partial charge in [0.25, 0.3) is 0 Å². The van der Waals surface area contributed by atoms with E-state index in [1.807, 2.05) is 0 Å². The van der Waals surface area contributed by atoms with Crippen LogP contribution in [0.25, 0.3) is 0 Å². The highest BCUT2D eigenvalue weighted by Gasteiger charge is 2.66. The molecule has 5 atom stereocenters. The fraction of sp³-hybridized carbons (Fsp3) is 0.833. The second kappa shape index (κ2) is 3.53. The SMILES string of the molecule is COC1(OC)[C@H]2[C@@H]3CO[C@H]2C=C[C@H]1[C@H]3CO. The molecule has 2 aliphatic carbocycles. The van der Waals surface area contributed by atoms with Gasteiger partial charge in [0.15, 0.2) is 5.79 Å². The predicted molar refractivity (Wildman–Crippen MR) is 56.7 cm³/mol. The van der Waals surface area contributed by atoms with Gasteiger partial charge in [0.2, 0.25) is 0 Å². The van der Waals surface area contributed by atoms with Gasteiger partial charge in [-0.25, -0.2) is 0 Å². The molecule has 0 unspecified atom stereocenters. The third-order valence-corrected chi connectivity index (χ3v) is 4.59. The molecule has 90 valence electrons. The van der Waals surface area contributed by atoms with Crippen LogP contribution in [0.1, 0.15) is 0 Å². The summed E-state index contributed by atoms with van der Waals surface area (Å²) < 4.78 is 17.1. The van der Waals surface area contributed by atoms with Crippen LogP contribution >= 0.6 is 0 Å². The standard InChI is InChI=1S/C12H18O4/c1-14-12(15-2)9-3-4-10-11(12)8(6-16-10)7(9)5-13/h3-4,7-11,13H,5-6H2,1-2H3/t7-,8+,9-,10-,11-/m0/s1. The van der Waals surface area contributed by atoms with Crippen molar-refractivity contribution in [2.24, 2.45) is 23.7 Å². The average Bonchev–Trinajstić information content (AvgIpc) is 2.78. The molecule has 0 spiro atoms. The van der Waals surface area contributed by atoms with Crippen LogP contribution < -0.4 is 0 Å². The van der Waals surface area contributed by atoms with Gasteiger partial charge < -0.3 is 19.3 Å². The first-order valence-electron chi connectivity index (χ1n) is 5.79. The first-order valence-corrected chi connectivity index (χ1v) is 5.79. The van der Waals surface area contributed by atoms with Crippen molar-refractivity contribution in [3.63, 3.8) is 0 Å². The molecule has 3 aliphatic rings. The monoisotopic (exact) mass is 226 g/mol. The van der Waals surface area contributed by atoms with Crippen LogP contribution in [-0.2, 0) is 14.2 Å². The molecule has 0 aromatic carbocycles. The van der Waals surface area contributed by atoms with Gasteiger partial charge in [0.05, 0.1) is 12.7 Å². The maximum Gasteiger partial charge on any atom is 0.180 e. The van der Waals surface area contributed by atoms with Crippen molar-refractivity contribution in [3.05, 3.63) is 12.2 Å². The van der Waals surface area contributed by atoms with Crippen molar-refractivity contribution in [3.8, 4) is 0 Å². The first kappa shape index (κ1) is 10.7. The van der Waals surface area contributed by atoms with Crippen LogP contribution in [-0.4, -0.2) is 44.4 Å². The summed E-state index contributed by atoms with van der Waals surface area (Å²) in [7, 11) is 3.36. The van der Waals surface area contributed by atoms with E-state index >= 15 is 0 Å². The van der Waals surface area contributed by atoms with Crippen molar-refractivity contribution in [2.75, 3.05) is 27.4 Å². The highest BCUT2D eigenvalue weighted by atomic mass is 16.7. The maximum atomic E-state index is 9.56. The van der Waals surface area contributed by atoms with Crippen LogP contribution in [0, 0.1) is 23.7 Å². The van der Waals surface area contributed by atoms with Crippen molar-refractivity contribution in [1.82, 2.24) is 0 Å². The predicted octanol–water partition coefficient (Wildman–Crippen LogP) is 0.415. The van der Waals surface area contributed by atoms with E-state index in [-0.39, 0.29) is 30.5 Å². The zero-order valence-corrected chi connectivity index (χ0v) is 9.63. The molecule has 0 radical (unpaired) electrons. The van der Waals surface area contributed by atoms with Crippen LogP contribution in [0.4, 0.5) is 0 Å². The summed E-state index contributed by atoms with van der Waals surface area (Å²) in [5, 5.41) is 9.56. The summed E-state index contributed by atoms with van der Waals surface area (Å²) in [6.07, 6.45) is 4.27. The molecule has 4 nitrogen and oxygen atoms in total. The third-order valence-electron chi connectivity index (χ3n) is 4.59. The lowest BCUT2D eigenvalue weighted by Crippen LogP contribution is -2.49. The lowest BCUT2D eigenvalue weighted by Gasteiger charge is -2.41. The molecule has 0 aromatic rings. The molecule has 2 bridgehead atoms. The Bertz CT molecular complexity index is 310. The van der Waals surface area contributed by atoms with Crippen molar-refractivity contribution in [2.45, 2.75) is 11.9 Å². The van der Waals surface area contributed by atoms with Crippen molar-refractivity contribution < 1.29 is 19.3 Å². The van der Waals surface area contributed by atoms with Crippen LogP contribution in [0.15, 0.2) is 12.2 Å². The van der Waals surface area contributed by atoms with Gasteiger partial charge in [-0.2, -0.15) is 0 Å². The molecule has 1 N–H and O–H groups in total. The summed E-state index contributed by atoms with van der Waals surface area (Å²) in [6, 6.07) is 0. The molecule has 1 saturated heterocycles. The van der Waals surface area contributed by atoms with Crippen molar-refractivity contribution >= 4 is 0 Å². The number of aliphatic hydroxyl groups excluding tert-OH is 1. The van der Waals surface area contributed by atoms with Crippen LogP contribution in [0.5, 0.6) is 0 Å². The summed E-state index contributed by atoms with van der Waals surface area (Å²) in [5.41, 5.74) is 0. The molecule has 1 saturated carbocycles. The minimum Gasteiger partial charge on any atom is -0.396 e. The molecular weight excluding hydrogens is 208 g/mol. The Kier molecular flexibility index (Phi) is 2.37. The topological polar surface area (TPSA) is 47.9 Å². The number of rotatable bonds is 3. The Hall–Kier alpha value is -0.420. The highest BCUT2D eigenvalue weighted by molar-refractivity contribution is 5.22. The van der Waals surface area contributed by atoms with Gasteiger partial charge in [0, 0.05) is 32.7 Å². The second-order valence-electron chi connectivity index (χ2n) is 4.87. The van der Waals surface area contributed by atoms with E-state index < -0.39 is 5.79 Å². The zero-order chi connectivity index (χ0) is 11.3. The second-order valence-corrected chi connectivity index (χ2v) is 4.87. The number of fused-ring (bicyclic) bond motifs is 1. The molecule has 1 aliphatic heterocycles. The van der Waals surface area contributed by atoms with Gasteiger partial charge in [-0.05, 0) is 11.8 Å². The summed E-state index contributed by atoms with van der Waals surface area (Å²) >= 11 is 0. The molecule has 1 heterocycles. The minimum atomic E-state index is -0.603. The van der Waals surface area contributed by atoms with Gasteiger partial charge in [-0.15, -0.1) is 0 Å². The molecule has 2 fully saturated rings. The van der Waals surface area contributed by atoms with E-state index in [2.05, 4.69) is 12.2 Å². The Balaban J connectivity index is 2.07. The summed E-state index contributed by atoms with van der Waals surface area (Å²) in [6.45, 7) is 0.872. The number of ether oxygens (including phenoxy) is 3. The number of methoxy groups -OCH3 is 2. The van der Waals surface area contributed by atoms with E-state index in [1.165, 1.54) is 0 Å². The molecule has 0 aromatic heterocycles. The lowest BCUT2D eigenvalue weighted by molar-refractivity contribution is -0.258. The largest absolute Gasteiger partial charge is 0.396 e. The minimum absolute atomic E-state index is 0.0812. The van der Waals surface area contributed by atoms with E-state index in [1.54, 1.807) is 14.2 Å². The van der Waals surface area contributed by atoms with E-state index in [9.17, 15) is 5.11 Å². The Morgan fingerprint density at radius 3 is 2.75 bits per heavy atom. The van der Waals surface area contributed by atoms with Crippen LogP contribution in [0.3, 0.4) is 0 Å². The van der Waals surface area contributed by atoms with Gasteiger partial charge in [-0.1, -0.05) is 12.2 Å². The molecule has 0 amide bonds. The quantitative estimate of drug-likeness (QED) is 0.559. The highest BCUT2D eigenvalue weighted by Crippen LogP contribution is 2.58. The van der Waals surface area contributed by atoms with Gasteiger partial charge in [0.1, 0.15) is 0 Å². The normalized spacial score (nSPS) is 47.6. The number of hydrogen-bond acceptors (Lipinski definition) is 4.